The Labute approximate surface area is 105 Å². The number of fused-ring (bicyclic) bond motifs is 1. The van der Waals surface area contributed by atoms with Crippen LogP contribution in [0.5, 0.6) is 0 Å². The van der Waals surface area contributed by atoms with Crippen molar-refractivity contribution in [1.29, 1.82) is 0 Å². The van der Waals surface area contributed by atoms with Gasteiger partial charge >= 0.3 is 0 Å². The van der Waals surface area contributed by atoms with Gasteiger partial charge < -0.3 is 4.90 Å². The first-order valence-corrected chi connectivity index (χ1v) is 6.38. The fourth-order valence-electron chi connectivity index (χ4n) is 2.49. The number of hydrogen-bond acceptors (Lipinski definition) is 3. The Kier molecular flexibility index (Phi) is 2.76. The Morgan fingerprint density at radius 1 is 1.47 bits per heavy atom. The summed E-state index contributed by atoms with van der Waals surface area (Å²) < 4.78 is 2.05. The van der Waals surface area contributed by atoms with Crippen molar-refractivity contribution >= 4 is 17.2 Å². The standard InChI is InChI=1S/C12H15ClN4/c1-2-16-5-3-9(8-16)12-15-14-11-7-10(13)4-6-17(11)12/h4,6-7,9H,2-3,5,8H2,1H3. The maximum absolute atomic E-state index is 5.94. The summed E-state index contributed by atoms with van der Waals surface area (Å²) in [5.41, 5.74) is 0.836. The van der Waals surface area contributed by atoms with E-state index in [2.05, 4.69) is 26.4 Å². The Hall–Kier alpha value is -1.13. The highest BCUT2D eigenvalue weighted by Crippen LogP contribution is 2.26. The predicted molar refractivity (Wildman–Crippen MR) is 67.5 cm³/mol. The van der Waals surface area contributed by atoms with Crippen LogP contribution in [0, 0.1) is 0 Å². The first-order chi connectivity index (χ1) is 8.28. The molecule has 0 radical (unpaired) electrons. The first kappa shape index (κ1) is 11.0. The van der Waals surface area contributed by atoms with E-state index in [1.165, 1.54) is 0 Å². The van der Waals surface area contributed by atoms with Gasteiger partial charge in [-0.1, -0.05) is 18.5 Å². The van der Waals surface area contributed by atoms with E-state index in [4.69, 9.17) is 11.6 Å². The molecule has 1 fully saturated rings. The summed E-state index contributed by atoms with van der Waals surface area (Å²) in [6.07, 6.45) is 3.12. The summed E-state index contributed by atoms with van der Waals surface area (Å²) in [4.78, 5) is 2.45. The van der Waals surface area contributed by atoms with Gasteiger partial charge in [-0.25, -0.2) is 0 Å². The predicted octanol–water partition coefficient (Wildman–Crippen LogP) is 2.19. The first-order valence-electron chi connectivity index (χ1n) is 6.00. The van der Waals surface area contributed by atoms with Gasteiger partial charge in [-0.15, -0.1) is 10.2 Å². The third kappa shape index (κ3) is 1.91. The Balaban J connectivity index is 1.96. The van der Waals surface area contributed by atoms with Crippen molar-refractivity contribution in [3.05, 3.63) is 29.2 Å². The quantitative estimate of drug-likeness (QED) is 0.819. The van der Waals surface area contributed by atoms with Gasteiger partial charge in [-0.05, 0) is 25.6 Å². The SMILES string of the molecule is CCN1CCC(c2nnc3cc(Cl)ccn23)C1. The number of aromatic nitrogens is 3. The van der Waals surface area contributed by atoms with Crippen molar-refractivity contribution in [2.24, 2.45) is 0 Å². The minimum Gasteiger partial charge on any atom is -0.303 e. The molecule has 5 heteroatoms. The molecular formula is C12H15ClN4. The molecule has 4 nitrogen and oxygen atoms in total. The van der Waals surface area contributed by atoms with Gasteiger partial charge in [0.1, 0.15) is 5.82 Å². The van der Waals surface area contributed by atoms with E-state index in [0.29, 0.717) is 10.9 Å². The minimum absolute atomic E-state index is 0.492. The number of likely N-dealkylation sites (N-methyl/N-ethyl adjacent to an activating group) is 1. The largest absolute Gasteiger partial charge is 0.303 e. The molecule has 2 aromatic rings. The van der Waals surface area contributed by atoms with E-state index in [1.807, 2.05) is 18.3 Å². The Morgan fingerprint density at radius 2 is 2.35 bits per heavy atom. The zero-order chi connectivity index (χ0) is 11.8. The van der Waals surface area contributed by atoms with Crippen molar-refractivity contribution < 1.29 is 0 Å². The molecular weight excluding hydrogens is 236 g/mol. The average molecular weight is 251 g/mol. The molecule has 1 unspecified atom stereocenters. The average Bonchev–Trinajstić information content (AvgIpc) is 2.93. The number of halogens is 1. The molecule has 17 heavy (non-hydrogen) atoms. The molecule has 1 aliphatic rings. The van der Waals surface area contributed by atoms with Gasteiger partial charge in [0.2, 0.25) is 0 Å². The maximum Gasteiger partial charge on any atom is 0.162 e. The molecule has 1 saturated heterocycles. The Morgan fingerprint density at radius 3 is 3.12 bits per heavy atom. The van der Waals surface area contributed by atoms with Gasteiger partial charge in [-0.2, -0.15) is 0 Å². The molecule has 0 N–H and O–H groups in total. The third-order valence-electron chi connectivity index (χ3n) is 3.48. The lowest BCUT2D eigenvalue weighted by atomic mass is 10.1. The smallest absolute Gasteiger partial charge is 0.162 e. The lowest BCUT2D eigenvalue weighted by Gasteiger charge is -2.11. The van der Waals surface area contributed by atoms with E-state index >= 15 is 0 Å². The normalized spacial score (nSPS) is 21.4. The summed E-state index contributed by atoms with van der Waals surface area (Å²) in [6.45, 7) is 5.55. The van der Waals surface area contributed by atoms with E-state index in [1.54, 1.807) is 0 Å². The zero-order valence-corrected chi connectivity index (χ0v) is 10.6. The maximum atomic E-state index is 5.94. The number of likely N-dealkylation sites (tertiary alicyclic amines) is 1. The van der Waals surface area contributed by atoms with Crippen molar-refractivity contribution in [2.45, 2.75) is 19.3 Å². The molecule has 0 aromatic carbocycles. The van der Waals surface area contributed by atoms with Crippen LogP contribution in [0.4, 0.5) is 0 Å². The van der Waals surface area contributed by atoms with Crippen molar-refractivity contribution in [2.75, 3.05) is 19.6 Å². The lowest BCUT2D eigenvalue weighted by molar-refractivity contribution is 0.352. The van der Waals surface area contributed by atoms with Crippen LogP contribution >= 0.6 is 11.6 Å². The van der Waals surface area contributed by atoms with Crippen LogP contribution in [0.25, 0.3) is 5.65 Å². The minimum atomic E-state index is 0.492. The van der Waals surface area contributed by atoms with Gasteiger partial charge in [0.25, 0.3) is 0 Å². The summed E-state index contributed by atoms with van der Waals surface area (Å²) in [5.74, 6) is 1.55. The second-order valence-electron chi connectivity index (χ2n) is 4.51. The zero-order valence-electron chi connectivity index (χ0n) is 9.80. The number of rotatable bonds is 2. The van der Waals surface area contributed by atoms with Gasteiger partial charge in [-0.3, -0.25) is 4.40 Å². The molecule has 0 amide bonds. The summed E-state index contributed by atoms with van der Waals surface area (Å²) in [5, 5.41) is 9.21. The fourth-order valence-corrected chi connectivity index (χ4v) is 2.65. The summed E-state index contributed by atoms with van der Waals surface area (Å²) >= 11 is 5.94. The molecule has 0 bridgehead atoms. The summed E-state index contributed by atoms with van der Waals surface area (Å²) in [7, 11) is 0. The second-order valence-corrected chi connectivity index (χ2v) is 4.95. The summed E-state index contributed by atoms with van der Waals surface area (Å²) in [6, 6.07) is 3.73. The van der Waals surface area contributed by atoms with E-state index in [9.17, 15) is 0 Å². The van der Waals surface area contributed by atoms with Crippen LogP contribution in [0.15, 0.2) is 18.3 Å². The molecule has 0 aliphatic carbocycles. The number of pyridine rings is 1. The van der Waals surface area contributed by atoms with E-state index < -0.39 is 0 Å². The highest BCUT2D eigenvalue weighted by atomic mass is 35.5. The van der Waals surface area contributed by atoms with Crippen molar-refractivity contribution in [3.8, 4) is 0 Å². The third-order valence-corrected chi connectivity index (χ3v) is 3.72. The molecule has 0 saturated carbocycles. The van der Waals surface area contributed by atoms with Gasteiger partial charge in [0.15, 0.2) is 5.65 Å². The second kappa shape index (κ2) is 4.27. The molecule has 1 aliphatic heterocycles. The lowest BCUT2D eigenvalue weighted by Crippen LogP contribution is -2.19. The highest BCUT2D eigenvalue weighted by Gasteiger charge is 2.26. The highest BCUT2D eigenvalue weighted by molar-refractivity contribution is 6.30. The monoisotopic (exact) mass is 250 g/mol. The Bertz CT molecular complexity index is 536. The fraction of sp³-hybridized carbons (Fsp3) is 0.500. The van der Waals surface area contributed by atoms with Gasteiger partial charge in [0.05, 0.1) is 0 Å². The molecule has 2 aromatic heterocycles. The molecule has 1 atom stereocenters. The molecule has 3 heterocycles. The topological polar surface area (TPSA) is 33.4 Å². The molecule has 3 rings (SSSR count). The van der Waals surface area contributed by atoms with Crippen LogP contribution in [0.3, 0.4) is 0 Å². The van der Waals surface area contributed by atoms with Crippen LogP contribution in [0.1, 0.15) is 25.1 Å². The van der Waals surface area contributed by atoms with Crippen LogP contribution in [-0.4, -0.2) is 39.1 Å². The van der Waals surface area contributed by atoms with Crippen LogP contribution in [0.2, 0.25) is 5.02 Å². The number of hydrogen-bond donors (Lipinski definition) is 0. The van der Waals surface area contributed by atoms with E-state index in [0.717, 1.165) is 37.5 Å². The van der Waals surface area contributed by atoms with Crippen LogP contribution in [-0.2, 0) is 0 Å². The number of nitrogens with zero attached hydrogens (tertiary/aromatic N) is 4. The van der Waals surface area contributed by atoms with Crippen molar-refractivity contribution in [1.82, 2.24) is 19.5 Å². The van der Waals surface area contributed by atoms with Crippen molar-refractivity contribution in [3.63, 3.8) is 0 Å². The molecule has 90 valence electrons. The molecule has 0 spiro atoms. The van der Waals surface area contributed by atoms with E-state index in [-0.39, 0.29) is 0 Å². The van der Waals surface area contributed by atoms with Crippen LogP contribution < -0.4 is 0 Å². The van der Waals surface area contributed by atoms with Gasteiger partial charge in [0, 0.05) is 29.7 Å².